The van der Waals surface area contributed by atoms with Crippen molar-refractivity contribution < 1.29 is 4.74 Å². The molecule has 0 amide bonds. The van der Waals surface area contributed by atoms with Crippen molar-refractivity contribution >= 4 is 11.8 Å². The Morgan fingerprint density at radius 1 is 1.50 bits per heavy atom. The number of hydrogen-bond acceptors (Lipinski definition) is 4. The Bertz CT molecular complexity index is 221. The minimum absolute atomic E-state index is 0.0657. The summed E-state index contributed by atoms with van der Waals surface area (Å²) in [5.41, 5.74) is 0. The van der Waals surface area contributed by atoms with Crippen LogP contribution >= 0.6 is 11.8 Å². The molecule has 1 unspecified atom stereocenters. The fourth-order valence-corrected chi connectivity index (χ4v) is 2.47. The number of nitriles is 1. The van der Waals surface area contributed by atoms with Crippen LogP contribution in [-0.2, 0) is 4.74 Å². The van der Waals surface area contributed by atoms with Gasteiger partial charge in [0.05, 0.1) is 30.6 Å². The number of nitrogens with one attached hydrogen (secondary N) is 1. The van der Waals surface area contributed by atoms with E-state index in [1.807, 2.05) is 11.8 Å². The number of nitrogens with zero attached hydrogens (tertiary/aromatic N) is 1. The Hall–Kier alpha value is -0.240. The van der Waals surface area contributed by atoms with E-state index in [1.54, 1.807) is 0 Å². The molecule has 2 aliphatic rings. The predicted molar refractivity (Wildman–Crippen MR) is 57.2 cm³/mol. The van der Waals surface area contributed by atoms with Crippen molar-refractivity contribution in [1.29, 1.82) is 5.26 Å². The summed E-state index contributed by atoms with van der Waals surface area (Å²) in [5.74, 6) is 1.08. The summed E-state index contributed by atoms with van der Waals surface area (Å²) < 4.78 is 5.09. The summed E-state index contributed by atoms with van der Waals surface area (Å²) in [6.07, 6.45) is 3.47. The summed E-state index contributed by atoms with van der Waals surface area (Å²) in [6.45, 7) is 1.80. The second-order valence-corrected chi connectivity index (χ2v) is 5.35. The fourth-order valence-electron chi connectivity index (χ4n) is 1.38. The van der Waals surface area contributed by atoms with E-state index in [0.29, 0.717) is 11.3 Å². The van der Waals surface area contributed by atoms with Gasteiger partial charge >= 0.3 is 0 Å². The number of hydrogen-bond donors (Lipinski definition) is 1. The molecule has 1 heterocycles. The van der Waals surface area contributed by atoms with E-state index in [1.165, 1.54) is 12.8 Å². The SMILES string of the molecule is N#CC(CCSC1COC1)NC1CC1. The maximum Gasteiger partial charge on any atom is 0.0963 e. The van der Waals surface area contributed by atoms with Crippen molar-refractivity contribution in [2.45, 2.75) is 36.6 Å². The van der Waals surface area contributed by atoms with E-state index in [2.05, 4.69) is 11.4 Å². The van der Waals surface area contributed by atoms with Gasteiger partial charge in [0.25, 0.3) is 0 Å². The lowest BCUT2D eigenvalue weighted by Gasteiger charge is -2.25. The van der Waals surface area contributed by atoms with Gasteiger partial charge in [0.15, 0.2) is 0 Å². The average molecular weight is 212 g/mol. The summed E-state index contributed by atoms with van der Waals surface area (Å²) in [5, 5.41) is 12.9. The second-order valence-electron chi connectivity index (χ2n) is 3.94. The van der Waals surface area contributed by atoms with Crippen LogP contribution in [0.3, 0.4) is 0 Å². The van der Waals surface area contributed by atoms with E-state index in [0.717, 1.165) is 25.4 Å². The molecule has 1 aliphatic carbocycles. The van der Waals surface area contributed by atoms with Crippen LogP contribution in [0.25, 0.3) is 0 Å². The van der Waals surface area contributed by atoms with Crippen molar-refractivity contribution in [3.63, 3.8) is 0 Å². The van der Waals surface area contributed by atoms with Crippen LogP contribution in [0.2, 0.25) is 0 Å². The highest BCUT2D eigenvalue weighted by atomic mass is 32.2. The molecular formula is C10H16N2OS. The van der Waals surface area contributed by atoms with Crippen LogP contribution in [0.1, 0.15) is 19.3 Å². The monoisotopic (exact) mass is 212 g/mol. The summed E-state index contributed by atoms with van der Waals surface area (Å²) in [7, 11) is 0. The molecular weight excluding hydrogens is 196 g/mol. The molecule has 1 N–H and O–H groups in total. The lowest BCUT2D eigenvalue weighted by molar-refractivity contribution is 0.0455. The molecule has 1 saturated heterocycles. The zero-order valence-electron chi connectivity index (χ0n) is 8.24. The molecule has 0 bridgehead atoms. The lowest BCUT2D eigenvalue weighted by Crippen LogP contribution is -2.33. The van der Waals surface area contributed by atoms with Gasteiger partial charge < -0.3 is 4.74 Å². The molecule has 0 radical (unpaired) electrons. The Balaban J connectivity index is 1.54. The van der Waals surface area contributed by atoms with Gasteiger partial charge in [-0.2, -0.15) is 17.0 Å². The van der Waals surface area contributed by atoms with Crippen LogP contribution in [0, 0.1) is 11.3 Å². The quantitative estimate of drug-likeness (QED) is 0.717. The van der Waals surface area contributed by atoms with Gasteiger partial charge in [-0.3, -0.25) is 5.32 Å². The van der Waals surface area contributed by atoms with Crippen LogP contribution in [0.4, 0.5) is 0 Å². The van der Waals surface area contributed by atoms with Crippen LogP contribution in [-0.4, -0.2) is 36.3 Å². The molecule has 0 aromatic heterocycles. The van der Waals surface area contributed by atoms with Crippen molar-refractivity contribution in [3.05, 3.63) is 0 Å². The highest BCUT2D eigenvalue weighted by Crippen LogP contribution is 2.22. The molecule has 1 atom stereocenters. The van der Waals surface area contributed by atoms with Crippen molar-refractivity contribution in [2.75, 3.05) is 19.0 Å². The zero-order chi connectivity index (χ0) is 9.80. The minimum Gasteiger partial charge on any atom is -0.379 e. The Morgan fingerprint density at radius 3 is 2.79 bits per heavy atom. The highest BCUT2D eigenvalue weighted by molar-refractivity contribution is 8.00. The number of ether oxygens (including phenoxy) is 1. The Labute approximate surface area is 89.2 Å². The molecule has 78 valence electrons. The third-order valence-electron chi connectivity index (χ3n) is 2.54. The van der Waals surface area contributed by atoms with Crippen LogP contribution in [0.5, 0.6) is 0 Å². The van der Waals surface area contributed by atoms with Gasteiger partial charge in [-0.05, 0) is 25.0 Å². The number of rotatable bonds is 6. The van der Waals surface area contributed by atoms with Gasteiger partial charge in [0, 0.05) is 6.04 Å². The predicted octanol–water partition coefficient (Wildman–Crippen LogP) is 1.15. The largest absolute Gasteiger partial charge is 0.379 e. The third-order valence-corrected chi connectivity index (χ3v) is 3.75. The number of thioether (sulfide) groups is 1. The van der Waals surface area contributed by atoms with Crippen LogP contribution in [0.15, 0.2) is 0 Å². The Kier molecular flexibility index (Phi) is 3.68. The summed E-state index contributed by atoms with van der Waals surface area (Å²) in [6, 6.07) is 3.03. The smallest absolute Gasteiger partial charge is 0.0963 e. The maximum atomic E-state index is 8.89. The van der Waals surface area contributed by atoms with Crippen LogP contribution < -0.4 is 5.32 Å². The fraction of sp³-hybridized carbons (Fsp3) is 0.900. The first-order valence-corrected chi connectivity index (χ1v) is 6.28. The molecule has 4 heteroatoms. The normalized spacial score (nSPS) is 23.9. The summed E-state index contributed by atoms with van der Waals surface area (Å²) in [4.78, 5) is 0. The zero-order valence-corrected chi connectivity index (χ0v) is 9.05. The molecule has 14 heavy (non-hydrogen) atoms. The van der Waals surface area contributed by atoms with Gasteiger partial charge in [0.1, 0.15) is 0 Å². The first-order chi connectivity index (χ1) is 6.88. The molecule has 1 saturated carbocycles. The molecule has 0 aromatic rings. The van der Waals surface area contributed by atoms with Gasteiger partial charge in [-0.25, -0.2) is 0 Å². The molecule has 2 fully saturated rings. The van der Waals surface area contributed by atoms with Crippen molar-refractivity contribution in [1.82, 2.24) is 5.32 Å². The molecule has 1 aliphatic heterocycles. The standard InChI is InChI=1S/C10H16N2OS/c11-5-9(12-8-1-2-8)3-4-14-10-6-13-7-10/h8-10,12H,1-4,6-7H2. The highest BCUT2D eigenvalue weighted by Gasteiger charge is 2.25. The van der Waals surface area contributed by atoms with E-state index in [9.17, 15) is 0 Å². The van der Waals surface area contributed by atoms with E-state index in [4.69, 9.17) is 10.00 Å². The first kappa shape index (κ1) is 10.3. The molecule has 3 nitrogen and oxygen atoms in total. The molecule has 2 rings (SSSR count). The second kappa shape index (κ2) is 5.01. The van der Waals surface area contributed by atoms with Gasteiger partial charge in [-0.1, -0.05) is 0 Å². The minimum atomic E-state index is 0.0657. The third kappa shape index (κ3) is 3.16. The molecule has 0 aromatic carbocycles. The van der Waals surface area contributed by atoms with Gasteiger partial charge in [-0.15, -0.1) is 0 Å². The van der Waals surface area contributed by atoms with Gasteiger partial charge in [0.2, 0.25) is 0 Å². The maximum absolute atomic E-state index is 8.89. The van der Waals surface area contributed by atoms with E-state index in [-0.39, 0.29) is 6.04 Å². The van der Waals surface area contributed by atoms with Crippen molar-refractivity contribution in [3.8, 4) is 6.07 Å². The average Bonchev–Trinajstić information content (AvgIpc) is 2.90. The Morgan fingerprint density at radius 2 is 2.29 bits per heavy atom. The van der Waals surface area contributed by atoms with Crippen molar-refractivity contribution in [2.24, 2.45) is 0 Å². The topological polar surface area (TPSA) is 45.0 Å². The summed E-state index contributed by atoms with van der Waals surface area (Å²) >= 11 is 1.94. The van der Waals surface area contributed by atoms with E-state index >= 15 is 0 Å². The lowest BCUT2D eigenvalue weighted by atomic mass is 10.2. The van der Waals surface area contributed by atoms with E-state index < -0.39 is 0 Å². The first-order valence-electron chi connectivity index (χ1n) is 5.23. The molecule has 0 spiro atoms.